The first kappa shape index (κ1) is 34.4. The molecule has 8 rings (SSSR count). The van der Waals surface area contributed by atoms with E-state index in [1.165, 1.54) is 44.0 Å². The van der Waals surface area contributed by atoms with Gasteiger partial charge in [-0.3, -0.25) is 9.78 Å². The van der Waals surface area contributed by atoms with Crippen molar-refractivity contribution in [2.24, 2.45) is 0 Å². The standard InChI is InChI=1S/C46H46N4O3/c1-7-49-34-24-20-28-14-9-11-18-32(28)40(34)45(3,4)36(49)26-22-30-16-13-17-31(38(30)39-42(51)47-44(53)48-43(39)52)23-27-37-46(5,6)41-33-19-12-10-15-29(33)21-25-35(41)50(37)8-2/h9-12,14-15,18-27H,7-8,13,16-17H2,1-6H3,(H2,47,48,51,52,53)/b30-22+,36-26+. The van der Waals surface area contributed by atoms with Crippen molar-refractivity contribution in [3.8, 4) is 5.88 Å². The summed E-state index contributed by atoms with van der Waals surface area (Å²) >= 11 is 0. The molecule has 0 saturated heterocycles. The van der Waals surface area contributed by atoms with Crippen molar-refractivity contribution in [1.82, 2.24) is 9.97 Å². The van der Waals surface area contributed by atoms with E-state index in [2.05, 4.69) is 158 Å². The first-order valence-electron chi connectivity index (χ1n) is 18.8. The molecule has 3 heterocycles. The molecular formula is C46H46N4O3. The number of benzene rings is 4. The topological polar surface area (TPSA) is 95.0 Å². The van der Waals surface area contributed by atoms with Gasteiger partial charge in [0.15, 0.2) is 5.71 Å². The Morgan fingerprint density at radius 1 is 0.792 bits per heavy atom. The number of fused-ring (bicyclic) bond motifs is 6. The first-order chi connectivity index (χ1) is 25.5. The van der Waals surface area contributed by atoms with Gasteiger partial charge in [-0.1, -0.05) is 80.6 Å². The van der Waals surface area contributed by atoms with E-state index in [1.807, 2.05) is 0 Å². The van der Waals surface area contributed by atoms with Crippen LogP contribution < -0.4 is 21.3 Å². The van der Waals surface area contributed by atoms with Crippen LogP contribution in [0, 0.1) is 0 Å². The molecule has 0 radical (unpaired) electrons. The number of hydrogen-bond donors (Lipinski definition) is 2. The Morgan fingerprint density at radius 3 is 2.15 bits per heavy atom. The van der Waals surface area contributed by atoms with Crippen molar-refractivity contribution in [2.45, 2.75) is 71.6 Å². The normalized spacial score (nSPS) is 19.4. The molecule has 0 bridgehead atoms. The number of rotatable bonds is 6. The minimum absolute atomic E-state index is 0.0155. The van der Waals surface area contributed by atoms with E-state index in [-0.39, 0.29) is 16.4 Å². The smallest absolute Gasteiger partial charge is 0.325 e. The second-order valence-corrected chi connectivity index (χ2v) is 15.4. The SMILES string of the molecule is CCN1/C(=C/C=C2\CCCC(/C=C/C3=[N+](CC)c4ccc5ccccc5c4C3(C)C)=C2c2c([O-])[nH]c(=O)[nH]c2=O)C(C)(C)c2c1ccc1ccccc21. The molecule has 1 aromatic heterocycles. The second-order valence-electron chi connectivity index (χ2n) is 15.4. The second kappa shape index (κ2) is 12.8. The van der Waals surface area contributed by atoms with Gasteiger partial charge in [0.2, 0.25) is 5.69 Å². The lowest BCUT2D eigenvalue weighted by Gasteiger charge is -2.27. The van der Waals surface area contributed by atoms with Crippen LogP contribution in [-0.4, -0.2) is 33.3 Å². The van der Waals surface area contributed by atoms with Crippen LogP contribution in [0.3, 0.4) is 0 Å². The van der Waals surface area contributed by atoms with Crippen molar-refractivity contribution in [2.75, 3.05) is 18.0 Å². The van der Waals surface area contributed by atoms with E-state index < -0.39 is 17.1 Å². The largest absolute Gasteiger partial charge is 0.860 e. The third kappa shape index (κ3) is 5.35. The van der Waals surface area contributed by atoms with Crippen molar-refractivity contribution < 1.29 is 9.68 Å². The lowest BCUT2D eigenvalue weighted by molar-refractivity contribution is -0.433. The van der Waals surface area contributed by atoms with Gasteiger partial charge in [0, 0.05) is 41.1 Å². The molecule has 7 nitrogen and oxygen atoms in total. The van der Waals surface area contributed by atoms with Gasteiger partial charge >= 0.3 is 5.69 Å². The summed E-state index contributed by atoms with van der Waals surface area (Å²) in [5.41, 5.74) is 7.67. The molecule has 53 heavy (non-hydrogen) atoms. The van der Waals surface area contributed by atoms with Gasteiger partial charge in [-0.2, -0.15) is 4.58 Å². The maximum atomic E-state index is 13.5. The molecule has 2 N–H and O–H groups in total. The van der Waals surface area contributed by atoms with Crippen LogP contribution in [0.1, 0.15) is 77.5 Å². The monoisotopic (exact) mass is 702 g/mol. The van der Waals surface area contributed by atoms with E-state index in [0.29, 0.717) is 18.4 Å². The summed E-state index contributed by atoms with van der Waals surface area (Å²) in [6.07, 6.45) is 10.8. The van der Waals surface area contributed by atoms with E-state index in [1.54, 1.807) is 0 Å². The fourth-order valence-electron chi connectivity index (χ4n) is 9.38. The van der Waals surface area contributed by atoms with E-state index in [9.17, 15) is 14.7 Å². The van der Waals surface area contributed by atoms with Crippen LogP contribution in [-0.2, 0) is 10.8 Å². The third-order valence-corrected chi connectivity index (χ3v) is 11.7. The van der Waals surface area contributed by atoms with Crippen LogP contribution in [0.15, 0.2) is 124 Å². The minimum Gasteiger partial charge on any atom is -0.860 e. The molecule has 0 atom stereocenters. The van der Waals surface area contributed by atoms with Gasteiger partial charge in [-0.05, 0) is 115 Å². The van der Waals surface area contributed by atoms with Gasteiger partial charge in [0.25, 0.3) is 5.56 Å². The lowest BCUT2D eigenvalue weighted by atomic mass is 9.78. The number of allylic oxidation sites excluding steroid dienone is 8. The number of nitrogens with zero attached hydrogens (tertiary/aromatic N) is 2. The molecule has 0 saturated carbocycles. The van der Waals surface area contributed by atoms with Crippen molar-refractivity contribution in [3.63, 3.8) is 0 Å². The van der Waals surface area contributed by atoms with Crippen molar-refractivity contribution in [1.29, 1.82) is 0 Å². The molecule has 4 aromatic carbocycles. The summed E-state index contributed by atoms with van der Waals surface area (Å²) in [6.45, 7) is 15.0. The molecule has 0 amide bonds. The molecular weight excluding hydrogens is 657 g/mol. The minimum atomic E-state index is -0.798. The Balaban J connectivity index is 1.29. The van der Waals surface area contributed by atoms with Crippen LogP contribution in [0.25, 0.3) is 27.1 Å². The van der Waals surface area contributed by atoms with Crippen LogP contribution in [0.2, 0.25) is 0 Å². The van der Waals surface area contributed by atoms with Crippen molar-refractivity contribution in [3.05, 3.63) is 151 Å². The molecule has 268 valence electrons. The number of aromatic nitrogens is 2. The predicted molar refractivity (Wildman–Crippen MR) is 216 cm³/mol. The zero-order valence-electron chi connectivity index (χ0n) is 31.4. The fourth-order valence-corrected chi connectivity index (χ4v) is 9.38. The molecule has 1 aliphatic carbocycles. The summed E-state index contributed by atoms with van der Waals surface area (Å²) in [5.74, 6) is -0.668. The van der Waals surface area contributed by atoms with Gasteiger partial charge < -0.3 is 15.0 Å². The quantitative estimate of drug-likeness (QED) is 0.173. The fraction of sp³-hybridized carbons (Fsp3) is 0.283. The average molecular weight is 703 g/mol. The van der Waals surface area contributed by atoms with Gasteiger partial charge in [-0.25, -0.2) is 4.79 Å². The zero-order valence-corrected chi connectivity index (χ0v) is 31.4. The van der Waals surface area contributed by atoms with Crippen LogP contribution in [0.5, 0.6) is 5.88 Å². The third-order valence-electron chi connectivity index (χ3n) is 11.7. The van der Waals surface area contributed by atoms with Crippen molar-refractivity contribution >= 4 is 44.2 Å². The van der Waals surface area contributed by atoms with Crippen LogP contribution in [0.4, 0.5) is 11.4 Å². The van der Waals surface area contributed by atoms with E-state index >= 15 is 0 Å². The summed E-state index contributed by atoms with van der Waals surface area (Å²) in [5, 5.41) is 18.4. The number of anilines is 1. The number of H-pyrrole nitrogens is 2. The summed E-state index contributed by atoms with van der Waals surface area (Å²) in [4.78, 5) is 32.8. The lowest BCUT2D eigenvalue weighted by Crippen LogP contribution is -2.29. The molecule has 7 heteroatoms. The molecule has 0 spiro atoms. The number of hydrogen-bond acceptors (Lipinski definition) is 4. The molecule has 0 fully saturated rings. The molecule has 2 aliphatic heterocycles. The highest BCUT2D eigenvalue weighted by Crippen LogP contribution is 2.51. The highest BCUT2D eigenvalue weighted by atomic mass is 16.3. The Labute approximate surface area is 310 Å². The summed E-state index contributed by atoms with van der Waals surface area (Å²) in [6, 6.07) is 25.9. The molecule has 3 aliphatic rings. The maximum Gasteiger partial charge on any atom is 0.325 e. The first-order valence-corrected chi connectivity index (χ1v) is 18.8. The summed E-state index contributed by atoms with van der Waals surface area (Å²) in [7, 11) is 0. The average Bonchev–Trinajstić information content (AvgIpc) is 3.51. The van der Waals surface area contributed by atoms with E-state index in [4.69, 9.17) is 0 Å². The number of aromatic amines is 2. The Hall–Kier alpha value is -5.69. The summed E-state index contributed by atoms with van der Waals surface area (Å²) < 4.78 is 2.37. The van der Waals surface area contributed by atoms with Crippen LogP contribution >= 0.6 is 0 Å². The Morgan fingerprint density at radius 2 is 1.47 bits per heavy atom. The predicted octanol–water partition coefficient (Wildman–Crippen LogP) is 8.66. The highest BCUT2D eigenvalue weighted by Gasteiger charge is 2.45. The van der Waals surface area contributed by atoms with Gasteiger partial charge in [0.05, 0.1) is 11.0 Å². The van der Waals surface area contributed by atoms with Gasteiger partial charge in [0.1, 0.15) is 6.54 Å². The highest BCUT2D eigenvalue weighted by molar-refractivity contribution is 6.08. The van der Waals surface area contributed by atoms with E-state index in [0.717, 1.165) is 42.1 Å². The molecule has 0 unspecified atom stereocenters. The Kier molecular flexibility index (Phi) is 8.28. The zero-order chi connectivity index (χ0) is 37.2. The number of nitrogens with one attached hydrogen (secondary N) is 2. The maximum absolute atomic E-state index is 13.5. The van der Waals surface area contributed by atoms with Gasteiger partial charge in [-0.15, -0.1) is 0 Å². The number of likely N-dealkylation sites (N-methyl/N-ethyl adjacent to an activating group) is 1. The molecule has 5 aromatic rings. The Bertz CT molecular complexity index is 2630.